The van der Waals surface area contributed by atoms with Gasteiger partial charge in [-0.1, -0.05) is 30.3 Å². The van der Waals surface area contributed by atoms with Gasteiger partial charge in [-0.2, -0.15) is 0 Å². The van der Waals surface area contributed by atoms with Crippen LogP contribution in [0.4, 0.5) is 0 Å². The summed E-state index contributed by atoms with van der Waals surface area (Å²) in [6.45, 7) is 4.74. The largest absolute Gasteiger partial charge is 0.347 e. The molecule has 1 saturated heterocycles. The van der Waals surface area contributed by atoms with Crippen molar-refractivity contribution in [2.45, 2.75) is 44.1 Å². The first-order chi connectivity index (χ1) is 12.5. The first-order valence-corrected chi connectivity index (χ1v) is 9.57. The molecule has 1 aliphatic heterocycles. The number of nitrogens with zero attached hydrogens (tertiary/aromatic N) is 3. The first-order valence-electron chi connectivity index (χ1n) is 8.59. The molecule has 2 heterocycles. The summed E-state index contributed by atoms with van der Waals surface area (Å²) >= 11 is 1.49. The lowest BCUT2D eigenvalue weighted by Gasteiger charge is -2.32. The molecule has 7 nitrogen and oxygen atoms in total. The maximum atomic E-state index is 12.3. The normalized spacial score (nSPS) is 19.0. The van der Waals surface area contributed by atoms with E-state index in [0.717, 1.165) is 13.0 Å². The molecular formula is C18H23N5O2S. The minimum atomic E-state index is -0.513. The molecule has 1 fully saturated rings. The zero-order valence-electron chi connectivity index (χ0n) is 14.9. The Morgan fingerprint density at radius 3 is 2.88 bits per heavy atom. The Balaban J connectivity index is 1.52. The quantitative estimate of drug-likeness (QED) is 0.793. The average molecular weight is 373 g/mol. The molecule has 3 rings (SSSR count). The number of carbonyl (C=O) groups excluding carboxylic acids is 2. The number of hydrogen-bond acceptors (Lipinski definition) is 5. The zero-order chi connectivity index (χ0) is 18.6. The summed E-state index contributed by atoms with van der Waals surface area (Å²) in [5, 5.41) is 13.7. The van der Waals surface area contributed by atoms with Crippen molar-refractivity contribution in [2.24, 2.45) is 0 Å². The van der Waals surface area contributed by atoms with E-state index in [1.54, 1.807) is 6.33 Å². The van der Waals surface area contributed by atoms with Gasteiger partial charge in [0.25, 0.3) is 0 Å². The van der Waals surface area contributed by atoms with Crippen molar-refractivity contribution in [2.75, 3.05) is 5.75 Å². The monoisotopic (exact) mass is 373 g/mol. The molecule has 1 atom stereocenters. The van der Waals surface area contributed by atoms with Crippen molar-refractivity contribution in [1.29, 1.82) is 0 Å². The molecular weight excluding hydrogens is 350 g/mol. The third-order valence-electron chi connectivity index (χ3n) is 4.38. The summed E-state index contributed by atoms with van der Waals surface area (Å²) < 4.78 is 1.44. The Labute approximate surface area is 157 Å². The fourth-order valence-electron chi connectivity index (χ4n) is 2.66. The molecule has 1 unspecified atom stereocenters. The van der Waals surface area contributed by atoms with Crippen LogP contribution in [0.1, 0.15) is 25.2 Å². The number of rotatable bonds is 6. The van der Waals surface area contributed by atoms with Crippen LogP contribution in [-0.4, -0.2) is 43.1 Å². The molecule has 1 aliphatic rings. The lowest BCUT2D eigenvalue weighted by Crippen LogP contribution is -2.57. The predicted molar refractivity (Wildman–Crippen MR) is 100 cm³/mol. The molecule has 2 amide bonds. The number of aryl methyl sites for hydroxylation is 2. The van der Waals surface area contributed by atoms with Crippen LogP contribution in [0.15, 0.2) is 36.7 Å². The summed E-state index contributed by atoms with van der Waals surface area (Å²) in [6, 6.07) is 9.67. The van der Waals surface area contributed by atoms with Crippen LogP contribution in [0.5, 0.6) is 0 Å². The Hall–Kier alpha value is -2.35. The van der Waals surface area contributed by atoms with Crippen LogP contribution >= 0.6 is 11.8 Å². The molecule has 1 aromatic heterocycles. The highest BCUT2D eigenvalue weighted by molar-refractivity contribution is 8.01. The number of benzene rings is 1. The average Bonchev–Trinajstić information content (AvgIpc) is 3.08. The molecule has 0 saturated carbocycles. The zero-order valence-corrected chi connectivity index (χ0v) is 15.8. The van der Waals surface area contributed by atoms with Gasteiger partial charge in [0, 0.05) is 12.3 Å². The lowest BCUT2D eigenvalue weighted by molar-refractivity contribution is -0.129. The maximum Gasteiger partial charge on any atom is 0.243 e. The molecule has 0 aliphatic carbocycles. The maximum absolute atomic E-state index is 12.3. The van der Waals surface area contributed by atoms with Crippen molar-refractivity contribution in [1.82, 2.24) is 25.4 Å². The van der Waals surface area contributed by atoms with Gasteiger partial charge in [-0.25, -0.2) is 0 Å². The summed E-state index contributed by atoms with van der Waals surface area (Å²) in [6.07, 6.45) is 2.54. The minimum absolute atomic E-state index is 0.111. The molecule has 2 aromatic rings. The topological polar surface area (TPSA) is 88.9 Å². The number of thioether (sulfide) groups is 1. The van der Waals surface area contributed by atoms with Crippen molar-refractivity contribution in [3.63, 3.8) is 0 Å². The van der Waals surface area contributed by atoms with E-state index < -0.39 is 10.8 Å². The van der Waals surface area contributed by atoms with Crippen LogP contribution in [0.2, 0.25) is 0 Å². The standard InChI is InChI=1S/C18H23N5O2S/c1-18(2)17(25)21-14(11-26-18)16(24)19-10-15-22-20-12-23(15)9-8-13-6-4-3-5-7-13/h3-7,12,14H,8-11H2,1-2H3,(H,19,24)(H,21,25). The molecule has 138 valence electrons. The molecule has 2 N–H and O–H groups in total. The molecule has 1 aromatic carbocycles. The molecule has 0 radical (unpaired) electrons. The summed E-state index contributed by atoms with van der Waals surface area (Å²) in [5.74, 6) is 0.953. The van der Waals surface area contributed by atoms with Gasteiger partial charge in [0.1, 0.15) is 12.4 Å². The molecule has 26 heavy (non-hydrogen) atoms. The highest BCUT2D eigenvalue weighted by atomic mass is 32.2. The first kappa shape index (κ1) is 18.4. The van der Waals surface area contributed by atoms with Gasteiger partial charge < -0.3 is 15.2 Å². The van der Waals surface area contributed by atoms with Gasteiger partial charge >= 0.3 is 0 Å². The van der Waals surface area contributed by atoms with Crippen LogP contribution in [0.3, 0.4) is 0 Å². The fourth-order valence-corrected chi connectivity index (χ4v) is 3.67. The van der Waals surface area contributed by atoms with Crippen LogP contribution < -0.4 is 10.6 Å². The second-order valence-electron chi connectivity index (χ2n) is 6.74. The van der Waals surface area contributed by atoms with E-state index in [1.807, 2.05) is 36.6 Å². The van der Waals surface area contributed by atoms with Crippen molar-refractivity contribution in [3.05, 3.63) is 48.0 Å². The van der Waals surface area contributed by atoms with Gasteiger partial charge in [0.2, 0.25) is 11.8 Å². The Kier molecular flexibility index (Phi) is 5.61. The Morgan fingerprint density at radius 2 is 2.15 bits per heavy atom. The fraction of sp³-hybridized carbons (Fsp3) is 0.444. The third-order valence-corrected chi connectivity index (χ3v) is 5.79. The predicted octanol–water partition coefficient (Wildman–Crippen LogP) is 1.15. The van der Waals surface area contributed by atoms with Crippen molar-refractivity contribution < 1.29 is 9.59 Å². The van der Waals surface area contributed by atoms with E-state index in [-0.39, 0.29) is 18.4 Å². The summed E-state index contributed by atoms with van der Waals surface area (Å²) in [7, 11) is 0. The highest BCUT2D eigenvalue weighted by Gasteiger charge is 2.37. The second kappa shape index (κ2) is 7.90. The molecule has 8 heteroatoms. The van der Waals surface area contributed by atoms with Crippen LogP contribution in [-0.2, 0) is 29.1 Å². The van der Waals surface area contributed by atoms with Crippen molar-refractivity contribution >= 4 is 23.6 Å². The number of carbonyl (C=O) groups is 2. The van der Waals surface area contributed by atoms with Gasteiger partial charge in [-0.3, -0.25) is 9.59 Å². The Bertz CT molecular complexity index is 775. The van der Waals surface area contributed by atoms with E-state index in [9.17, 15) is 9.59 Å². The van der Waals surface area contributed by atoms with Gasteiger partial charge in [0.05, 0.1) is 11.3 Å². The lowest BCUT2D eigenvalue weighted by atomic mass is 10.1. The van der Waals surface area contributed by atoms with Gasteiger partial charge in [-0.15, -0.1) is 22.0 Å². The van der Waals surface area contributed by atoms with Crippen LogP contribution in [0, 0.1) is 0 Å². The minimum Gasteiger partial charge on any atom is -0.347 e. The SMILES string of the molecule is CC1(C)SCC(C(=O)NCc2nncn2CCc2ccccc2)NC1=O. The highest BCUT2D eigenvalue weighted by Crippen LogP contribution is 2.28. The van der Waals surface area contributed by atoms with E-state index in [1.165, 1.54) is 17.3 Å². The summed E-state index contributed by atoms with van der Waals surface area (Å²) in [5.41, 5.74) is 1.24. The van der Waals surface area contributed by atoms with E-state index in [0.29, 0.717) is 11.6 Å². The van der Waals surface area contributed by atoms with Crippen LogP contribution in [0.25, 0.3) is 0 Å². The van der Waals surface area contributed by atoms with Gasteiger partial charge in [0.15, 0.2) is 5.82 Å². The summed E-state index contributed by atoms with van der Waals surface area (Å²) in [4.78, 5) is 24.3. The third kappa shape index (κ3) is 4.43. The van der Waals surface area contributed by atoms with Crippen molar-refractivity contribution in [3.8, 4) is 0 Å². The molecule has 0 bridgehead atoms. The Morgan fingerprint density at radius 1 is 1.38 bits per heavy atom. The van der Waals surface area contributed by atoms with E-state index in [2.05, 4.69) is 33.0 Å². The number of aromatic nitrogens is 3. The van der Waals surface area contributed by atoms with Gasteiger partial charge in [-0.05, 0) is 25.8 Å². The molecule has 0 spiro atoms. The number of nitrogens with one attached hydrogen (secondary N) is 2. The van der Waals surface area contributed by atoms with E-state index >= 15 is 0 Å². The van der Waals surface area contributed by atoms with E-state index in [4.69, 9.17) is 0 Å². The smallest absolute Gasteiger partial charge is 0.243 e. The number of amides is 2. The number of hydrogen-bond donors (Lipinski definition) is 2. The second-order valence-corrected chi connectivity index (χ2v) is 8.38.